The van der Waals surface area contributed by atoms with E-state index < -0.39 is 0 Å². The lowest BCUT2D eigenvalue weighted by Crippen LogP contribution is -2.28. The van der Waals surface area contributed by atoms with Crippen LogP contribution in [-0.4, -0.2) is 56.7 Å². The number of fused-ring (bicyclic) bond motifs is 4. The zero-order chi connectivity index (χ0) is 32.5. The zero-order valence-electron chi connectivity index (χ0n) is 27.9. The molecule has 4 aromatic heterocycles. The predicted octanol–water partition coefficient (Wildman–Crippen LogP) is 6.33. The number of amides is 1. The molecule has 1 amide bonds. The molecule has 45 heavy (non-hydrogen) atoms. The number of aliphatic hydroxyl groups is 1. The maximum Gasteiger partial charge on any atom is 0.341 e. The fourth-order valence-electron chi connectivity index (χ4n) is 6.68. The molecule has 0 aliphatic heterocycles. The Morgan fingerprint density at radius 3 is 1.82 bits per heavy atom. The van der Waals surface area contributed by atoms with Gasteiger partial charge in [0.15, 0.2) is 0 Å². The number of ether oxygens (including phenoxy) is 1. The van der Waals surface area contributed by atoms with Gasteiger partial charge < -0.3 is 25.1 Å². The quantitative estimate of drug-likeness (QED) is 0.194. The lowest BCUT2D eigenvalue weighted by molar-refractivity contribution is 0.0528. The number of aliphatic hydroxyl groups excluding tert-OH is 1. The highest BCUT2D eigenvalue weighted by Crippen LogP contribution is 2.39. The Morgan fingerprint density at radius 1 is 0.867 bits per heavy atom. The van der Waals surface area contributed by atoms with Gasteiger partial charge in [-0.05, 0) is 91.4 Å². The van der Waals surface area contributed by atoms with Gasteiger partial charge in [0.2, 0.25) is 0 Å². The van der Waals surface area contributed by atoms with E-state index in [-0.39, 0.29) is 25.0 Å². The molecule has 9 nitrogen and oxygen atoms in total. The monoisotopic (exact) mass is 615 g/mol. The summed E-state index contributed by atoms with van der Waals surface area (Å²) >= 11 is 0. The molecule has 242 valence electrons. The van der Waals surface area contributed by atoms with Crippen molar-refractivity contribution in [3.8, 4) is 0 Å². The van der Waals surface area contributed by atoms with Crippen LogP contribution in [0.25, 0.3) is 22.1 Å². The van der Waals surface area contributed by atoms with Crippen molar-refractivity contribution in [3.05, 3.63) is 58.2 Å². The summed E-state index contributed by atoms with van der Waals surface area (Å²) in [7, 11) is 0. The molecule has 2 unspecified atom stereocenters. The lowest BCUT2D eigenvalue weighted by atomic mass is 9.71. The van der Waals surface area contributed by atoms with Gasteiger partial charge in [-0.25, -0.2) is 4.79 Å². The number of H-pyrrole nitrogens is 2. The van der Waals surface area contributed by atoms with E-state index in [4.69, 9.17) is 19.8 Å². The van der Waals surface area contributed by atoms with Crippen LogP contribution in [0.1, 0.15) is 105 Å². The highest BCUT2D eigenvalue weighted by molar-refractivity contribution is 6.05. The van der Waals surface area contributed by atoms with Gasteiger partial charge in [-0.1, -0.05) is 41.5 Å². The number of pyridine rings is 2. The summed E-state index contributed by atoms with van der Waals surface area (Å²) < 4.78 is 5.10. The van der Waals surface area contributed by atoms with Gasteiger partial charge in [0.1, 0.15) is 16.6 Å². The molecule has 2 aliphatic carbocycles. The number of nitrogens with zero attached hydrogens (tertiary/aromatic N) is 2. The van der Waals surface area contributed by atoms with E-state index in [2.05, 4.69) is 69.0 Å². The summed E-state index contributed by atoms with van der Waals surface area (Å²) in [5.41, 5.74) is 9.89. The third-order valence-corrected chi connectivity index (χ3v) is 9.62. The fraction of sp³-hybridized carbons (Fsp3) is 0.556. The van der Waals surface area contributed by atoms with Crippen LogP contribution in [-0.2, 0) is 30.4 Å². The van der Waals surface area contributed by atoms with Crippen molar-refractivity contribution < 1.29 is 19.4 Å². The number of nitrogens with one attached hydrogen (secondary N) is 3. The van der Waals surface area contributed by atoms with Gasteiger partial charge in [-0.3, -0.25) is 14.8 Å². The molecule has 2 atom stereocenters. The highest BCUT2D eigenvalue weighted by Gasteiger charge is 2.31. The number of esters is 1. The molecule has 0 saturated carbocycles. The topological polar surface area (TPSA) is 133 Å². The van der Waals surface area contributed by atoms with Gasteiger partial charge in [0, 0.05) is 30.3 Å². The van der Waals surface area contributed by atoms with Crippen LogP contribution in [0.4, 0.5) is 0 Å². The zero-order valence-corrected chi connectivity index (χ0v) is 27.9. The number of carbonyl (C=O) groups excluding carboxylic acids is 2. The number of aromatic amines is 2. The van der Waals surface area contributed by atoms with Crippen LogP contribution in [0.15, 0.2) is 24.5 Å². The summed E-state index contributed by atoms with van der Waals surface area (Å²) in [6.45, 7) is 16.2. The molecule has 4 N–H and O–H groups in total. The van der Waals surface area contributed by atoms with E-state index in [9.17, 15) is 9.59 Å². The van der Waals surface area contributed by atoms with E-state index in [1.54, 1.807) is 12.4 Å². The summed E-state index contributed by atoms with van der Waals surface area (Å²) in [6, 6.07) is 4.32. The first-order valence-electron chi connectivity index (χ1n) is 16.4. The molecule has 0 aromatic carbocycles. The molecule has 9 heteroatoms. The van der Waals surface area contributed by atoms with E-state index in [1.807, 2.05) is 6.92 Å². The number of carbonyl (C=O) groups is 2. The molecule has 4 aromatic rings. The van der Waals surface area contributed by atoms with Crippen molar-refractivity contribution in [2.45, 2.75) is 87.0 Å². The second kappa shape index (κ2) is 12.9. The average molecular weight is 616 g/mol. The van der Waals surface area contributed by atoms with Crippen molar-refractivity contribution in [2.75, 3.05) is 19.8 Å². The molecular formula is C36H49N5O4. The highest BCUT2D eigenvalue weighted by atomic mass is 16.5. The molecule has 0 saturated heterocycles. The molecular weight excluding hydrogens is 566 g/mol. The molecule has 0 radical (unpaired) electrons. The standard InChI is InChI=1S/C18H25N3O2.C18H24N2O2/c1-18(2,3)12-4-5-14-11(8-12)9-15-16(21-14)13(10-20-15)17(23)19-6-7-22;1-5-22-17(21)13-10-19-15-9-11-8-12(18(2,3)4)6-7-14(11)20-16(13)15/h9-10,12,20,22H,4-8H2,1-3H3,(H,19,23);9-10,12,19H,5-8H2,1-4H3. The van der Waals surface area contributed by atoms with Crippen molar-refractivity contribution in [3.63, 3.8) is 0 Å². The van der Waals surface area contributed by atoms with Gasteiger partial charge in [-0.2, -0.15) is 0 Å². The van der Waals surface area contributed by atoms with Crippen molar-refractivity contribution >= 4 is 33.9 Å². The predicted molar refractivity (Wildman–Crippen MR) is 178 cm³/mol. The molecule has 0 spiro atoms. The maximum absolute atomic E-state index is 12.1. The molecule has 0 fully saturated rings. The first-order valence-corrected chi connectivity index (χ1v) is 16.4. The summed E-state index contributed by atoms with van der Waals surface area (Å²) in [4.78, 5) is 40.0. The maximum atomic E-state index is 12.1. The molecule has 0 bridgehead atoms. The summed E-state index contributed by atoms with van der Waals surface area (Å²) in [6.07, 6.45) is 9.79. The number of aromatic nitrogens is 4. The minimum absolute atomic E-state index is 0.0644. The third-order valence-electron chi connectivity index (χ3n) is 9.62. The Labute approximate surface area is 266 Å². The molecule has 4 heterocycles. The molecule has 6 rings (SSSR count). The van der Waals surface area contributed by atoms with Crippen LogP contribution < -0.4 is 5.32 Å². The molecule has 2 aliphatic rings. The van der Waals surface area contributed by atoms with Crippen molar-refractivity contribution in [1.82, 2.24) is 25.3 Å². The smallest absolute Gasteiger partial charge is 0.341 e. The van der Waals surface area contributed by atoms with Crippen LogP contribution in [0.2, 0.25) is 0 Å². The number of hydrogen-bond acceptors (Lipinski definition) is 6. The Hall–Kier alpha value is -3.72. The second-order valence-electron chi connectivity index (χ2n) is 14.7. The number of rotatable bonds is 5. The Balaban J connectivity index is 0.000000178. The minimum atomic E-state index is -0.301. The normalized spacial score (nSPS) is 18.1. The third kappa shape index (κ3) is 7.08. The van der Waals surface area contributed by atoms with Gasteiger partial charge in [0.05, 0.1) is 29.8 Å². The van der Waals surface area contributed by atoms with Crippen molar-refractivity contribution in [1.29, 1.82) is 0 Å². The minimum Gasteiger partial charge on any atom is -0.462 e. The van der Waals surface area contributed by atoms with Crippen molar-refractivity contribution in [2.24, 2.45) is 22.7 Å². The van der Waals surface area contributed by atoms with Gasteiger partial charge in [0.25, 0.3) is 5.91 Å². The summed E-state index contributed by atoms with van der Waals surface area (Å²) in [5, 5.41) is 11.5. The van der Waals surface area contributed by atoms with E-state index >= 15 is 0 Å². The SMILES string of the molecule is CC(C)(C)C1CCc2nc3c(C(=O)NCCO)c[nH]c3cc2C1.CCOC(=O)c1c[nH]c2cc3c(nc12)CCC(C(C)(C)C)C3. The van der Waals surface area contributed by atoms with Crippen LogP contribution in [0.5, 0.6) is 0 Å². The Kier molecular flexibility index (Phi) is 9.40. The first kappa shape index (κ1) is 32.7. The largest absolute Gasteiger partial charge is 0.462 e. The van der Waals surface area contributed by atoms with E-state index in [0.29, 0.717) is 40.4 Å². The summed E-state index contributed by atoms with van der Waals surface area (Å²) in [5.74, 6) is 0.848. The Morgan fingerprint density at radius 2 is 1.36 bits per heavy atom. The van der Waals surface area contributed by atoms with E-state index in [0.717, 1.165) is 72.0 Å². The van der Waals surface area contributed by atoms with Gasteiger partial charge >= 0.3 is 5.97 Å². The average Bonchev–Trinajstić information content (AvgIpc) is 3.60. The second-order valence-corrected chi connectivity index (χ2v) is 14.7. The Bertz CT molecular complexity index is 1690. The van der Waals surface area contributed by atoms with Gasteiger partial charge in [-0.15, -0.1) is 0 Å². The fourth-order valence-corrected chi connectivity index (χ4v) is 6.68. The first-order chi connectivity index (χ1) is 21.3. The number of aryl methyl sites for hydroxylation is 2. The number of hydrogen-bond donors (Lipinski definition) is 4. The van der Waals surface area contributed by atoms with Crippen LogP contribution in [0.3, 0.4) is 0 Å². The van der Waals surface area contributed by atoms with Crippen LogP contribution in [0, 0.1) is 22.7 Å². The van der Waals surface area contributed by atoms with Crippen LogP contribution >= 0.6 is 0 Å². The lowest BCUT2D eigenvalue weighted by Gasteiger charge is -2.34. The van der Waals surface area contributed by atoms with E-state index in [1.165, 1.54) is 11.1 Å².